The fraction of sp³-hybridized carbons (Fsp3) is 0.158. The standard InChI is InChI=1S/C19H15N7O3/c1-10-17-13(11-2-4-12(5-3-11)19(28)29)8-16(27)21-18(17)26(23-10)15-7-6-14-22-20-9-25(14)24-15/h2-7,9,13H,8H2,1H3,(H,21,27)(H,28,29). The molecule has 4 heterocycles. The van der Waals surface area contributed by atoms with Crippen molar-refractivity contribution in [3.05, 3.63) is 65.1 Å². The molecule has 0 bridgehead atoms. The van der Waals surface area contributed by atoms with Crippen LogP contribution in [0.3, 0.4) is 0 Å². The molecule has 10 nitrogen and oxygen atoms in total. The summed E-state index contributed by atoms with van der Waals surface area (Å²) in [5.74, 6) is -0.279. The van der Waals surface area contributed by atoms with Gasteiger partial charge in [0.2, 0.25) is 5.91 Å². The van der Waals surface area contributed by atoms with Crippen molar-refractivity contribution in [2.45, 2.75) is 19.3 Å². The van der Waals surface area contributed by atoms with Gasteiger partial charge < -0.3 is 10.4 Å². The number of rotatable bonds is 3. The van der Waals surface area contributed by atoms with Crippen LogP contribution < -0.4 is 5.32 Å². The highest BCUT2D eigenvalue weighted by Crippen LogP contribution is 2.40. The number of aryl methyl sites for hydroxylation is 1. The number of carbonyl (C=O) groups is 2. The van der Waals surface area contributed by atoms with Crippen molar-refractivity contribution in [2.75, 3.05) is 5.32 Å². The molecule has 29 heavy (non-hydrogen) atoms. The molecule has 4 aromatic rings. The van der Waals surface area contributed by atoms with Crippen LogP contribution in [-0.4, -0.2) is 46.6 Å². The lowest BCUT2D eigenvalue weighted by Crippen LogP contribution is -2.25. The third kappa shape index (κ3) is 2.73. The van der Waals surface area contributed by atoms with Gasteiger partial charge >= 0.3 is 5.97 Å². The highest BCUT2D eigenvalue weighted by atomic mass is 16.4. The third-order valence-electron chi connectivity index (χ3n) is 5.03. The minimum Gasteiger partial charge on any atom is -0.478 e. The van der Waals surface area contributed by atoms with E-state index in [1.165, 1.54) is 10.8 Å². The van der Waals surface area contributed by atoms with Gasteiger partial charge in [0.1, 0.15) is 12.1 Å². The van der Waals surface area contributed by atoms with Gasteiger partial charge in [0, 0.05) is 17.9 Å². The lowest BCUT2D eigenvalue weighted by atomic mass is 9.85. The zero-order valence-electron chi connectivity index (χ0n) is 15.3. The number of hydrogen-bond donors (Lipinski definition) is 2. The summed E-state index contributed by atoms with van der Waals surface area (Å²) in [5.41, 5.74) is 3.31. The Labute approximate surface area is 163 Å². The van der Waals surface area contributed by atoms with Crippen LogP contribution in [0.1, 0.15) is 39.5 Å². The van der Waals surface area contributed by atoms with Gasteiger partial charge in [-0.1, -0.05) is 12.1 Å². The first kappa shape index (κ1) is 17.0. The number of carbonyl (C=O) groups excluding carboxylic acids is 1. The first-order valence-electron chi connectivity index (χ1n) is 8.91. The van der Waals surface area contributed by atoms with Crippen LogP contribution in [0.5, 0.6) is 0 Å². The number of amides is 1. The first-order valence-corrected chi connectivity index (χ1v) is 8.91. The SMILES string of the molecule is Cc1nn(-c2ccc3nncn3n2)c2c1C(c1ccc(C(=O)O)cc1)CC(=O)N2. The van der Waals surface area contributed by atoms with E-state index in [-0.39, 0.29) is 23.8 Å². The summed E-state index contributed by atoms with van der Waals surface area (Å²) in [6.07, 6.45) is 1.75. The Morgan fingerprint density at radius 2 is 1.97 bits per heavy atom. The number of fused-ring (bicyclic) bond motifs is 2. The smallest absolute Gasteiger partial charge is 0.335 e. The first-order chi connectivity index (χ1) is 14.0. The van der Waals surface area contributed by atoms with Crippen molar-refractivity contribution < 1.29 is 14.7 Å². The largest absolute Gasteiger partial charge is 0.478 e. The lowest BCUT2D eigenvalue weighted by molar-refractivity contribution is -0.116. The van der Waals surface area contributed by atoms with Crippen molar-refractivity contribution in [1.29, 1.82) is 0 Å². The number of nitrogens with one attached hydrogen (secondary N) is 1. The number of carboxylic acids is 1. The van der Waals surface area contributed by atoms with Crippen LogP contribution in [0.4, 0.5) is 5.82 Å². The van der Waals surface area contributed by atoms with Gasteiger partial charge in [-0.25, -0.2) is 4.79 Å². The van der Waals surface area contributed by atoms with Crippen LogP contribution in [-0.2, 0) is 4.79 Å². The van der Waals surface area contributed by atoms with Crippen LogP contribution in [0.25, 0.3) is 11.5 Å². The molecule has 1 amide bonds. The Morgan fingerprint density at radius 1 is 1.17 bits per heavy atom. The van der Waals surface area contributed by atoms with Gasteiger partial charge in [0.05, 0.1) is 11.3 Å². The van der Waals surface area contributed by atoms with Gasteiger partial charge in [0.15, 0.2) is 11.5 Å². The van der Waals surface area contributed by atoms with E-state index in [1.54, 1.807) is 41.1 Å². The minimum atomic E-state index is -0.988. The van der Waals surface area contributed by atoms with Crippen molar-refractivity contribution in [3.8, 4) is 5.82 Å². The summed E-state index contributed by atoms with van der Waals surface area (Å²) in [4.78, 5) is 23.6. The Hall–Kier alpha value is -4.08. The van der Waals surface area contributed by atoms with Crippen LogP contribution >= 0.6 is 0 Å². The maximum absolute atomic E-state index is 12.5. The maximum Gasteiger partial charge on any atom is 0.335 e. The van der Waals surface area contributed by atoms with E-state index in [0.717, 1.165) is 16.8 Å². The second kappa shape index (κ2) is 6.23. The predicted molar refractivity (Wildman–Crippen MR) is 101 cm³/mol. The monoisotopic (exact) mass is 389 g/mol. The molecule has 3 aromatic heterocycles. The third-order valence-corrected chi connectivity index (χ3v) is 5.03. The zero-order valence-corrected chi connectivity index (χ0v) is 15.3. The molecule has 0 aliphatic carbocycles. The van der Waals surface area contributed by atoms with Gasteiger partial charge in [-0.3, -0.25) is 4.79 Å². The van der Waals surface area contributed by atoms with E-state index in [9.17, 15) is 9.59 Å². The molecule has 1 atom stereocenters. The normalized spacial score (nSPS) is 15.9. The molecular weight excluding hydrogens is 374 g/mol. The number of carboxylic acid groups (broad SMARTS) is 1. The number of benzene rings is 1. The Bertz CT molecular complexity index is 1270. The van der Waals surface area contributed by atoms with E-state index < -0.39 is 5.97 Å². The van der Waals surface area contributed by atoms with E-state index in [4.69, 9.17) is 5.11 Å². The average Bonchev–Trinajstić information content (AvgIpc) is 3.31. The molecule has 144 valence electrons. The highest BCUT2D eigenvalue weighted by Gasteiger charge is 2.33. The molecule has 0 saturated carbocycles. The van der Waals surface area contributed by atoms with Crippen LogP contribution in [0, 0.1) is 6.92 Å². The summed E-state index contributed by atoms with van der Waals surface area (Å²) in [5, 5.41) is 28.8. The number of aromatic carboxylic acids is 1. The van der Waals surface area contributed by atoms with Crippen LogP contribution in [0.15, 0.2) is 42.7 Å². The maximum atomic E-state index is 12.5. The second-order valence-electron chi connectivity index (χ2n) is 6.82. The average molecular weight is 389 g/mol. The fourth-order valence-corrected chi connectivity index (χ4v) is 3.69. The zero-order chi connectivity index (χ0) is 20.1. The van der Waals surface area contributed by atoms with Crippen molar-refractivity contribution in [1.82, 2.24) is 29.6 Å². The number of aromatic nitrogens is 6. The Balaban J connectivity index is 1.63. The van der Waals surface area contributed by atoms with E-state index in [1.807, 2.05) is 6.92 Å². The quantitative estimate of drug-likeness (QED) is 0.547. The molecule has 2 N–H and O–H groups in total. The Kier molecular flexibility index (Phi) is 3.66. The van der Waals surface area contributed by atoms with Gasteiger partial charge in [0.25, 0.3) is 0 Å². The van der Waals surface area contributed by atoms with Crippen LogP contribution in [0.2, 0.25) is 0 Å². The molecule has 0 radical (unpaired) electrons. The summed E-state index contributed by atoms with van der Waals surface area (Å²) < 4.78 is 3.13. The van der Waals surface area contributed by atoms with E-state index in [0.29, 0.717) is 17.3 Å². The molecule has 10 heteroatoms. The van der Waals surface area contributed by atoms with Crippen molar-refractivity contribution >= 4 is 23.3 Å². The summed E-state index contributed by atoms with van der Waals surface area (Å²) in [6.45, 7) is 1.88. The number of hydrogen-bond acceptors (Lipinski definition) is 6. The summed E-state index contributed by atoms with van der Waals surface area (Å²) in [7, 11) is 0. The molecule has 1 aliphatic rings. The second-order valence-corrected chi connectivity index (χ2v) is 6.82. The topological polar surface area (TPSA) is 127 Å². The summed E-state index contributed by atoms with van der Waals surface area (Å²) >= 11 is 0. The predicted octanol–water partition coefficient (Wildman–Crippen LogP) is 1.79. The van der Waals surface area contributed by atoms with E-state index in [2.05, 4.69) is 25.7 Å². The minimum absolute atomic E-state index is 0.142. The molecular formula is C19H15N7O3. The molecule has 1 unspecified atom stereocenters. The molecule has 0 fully saturated rings. The number of nitrogens with zero attached hydrogens (tertiary/aromatic N) is 6. The van der Waals surface area contributed by atoms with Gasteiger partial charge in [-0.2, -0.15) is 14.3 Å². The molecule has 0 saturated heterocycles. The summed E-state index contributed by atoms with van der Waals surface area (Å²) in [6, 6.07) is 10.1. The molecule has 5 rings (SSSR count). The number of anilines is 1. The van der Waals surface area contributed by atoms with Crippen molar-refractivity contribution in [3.63, 3.8) is 0 Å². The fourth-order valence-electron chi connectivity index (χ4n) is 3.69. The lowest BCUT2D eigenvalue weighted by Gasteiger charge is -2.24. The highest BCUT2D eigenvalue weighted by molar-refractivity contribution is 5.95. The van der Waals surface area contributed by atoms with Crippen molar-refractivity contribution in [2.24, 2.45) is 0 Å². The van der Waals surface area contributed by atoms with Gasteiger partial charge in [-0.15, -0.1) is 15.3 Å². The molecule has 1 aromatic carbocycles. The molecule has 0 spiro atoms. The Morgan fingerprint density at radius 3 is 2.72 bits per heavy atom. The molecule has 1 aliphatic heterocycles. The van der Waals surface area contributed by atoms with E-state index >= 15 is 0 Å². The van der Waals surface area contributed by atoms with Gasteiger partial charge in [-0.05, 0) is 36.8 Å².